The van der Waals surface area contributed by atoms with Gasteiger partial charge in [-0.05, 0) is 44.9 Å². The number of rotatable bonds is 6. The molecule has 0 spiro atoms. The lowest BCUT2D eigenvalue weighted by Gasteiger charge is -2.26. The Hall–Kier alpha value is -1.60. The van der Waals surface area contributed by atoms with Crippen LogP contribution < -0.4 is 5.32 Å². The average Bonchev–Trinajstić information content (AvgIpc) is 3.30. The van der Waals surface area contributed by atoms with Crippen LogP contribution in [0.5, 0.6) is 0 Å². The van der Waals surface area contributed by atoms with Gasteiger partial charge in [0.25, 0.3) is 0 Å². The van der Waals surface area contributed by atoms with Crippen LogP contribution in [0.25, 0.3) is 0 Å². The SMILES string of the molecule is CC(C(=O)Nc1ccccc1C(F)(F)F)N(C)CC(O)C1CC1. The van der Waals surface area contributed by atoms with Crippen molar-refractivity contribution in [2.45, 2.75) is 38.1 Å². The number of carbonyl (C=O) groups excluding carboxylic acids is 1. The van der Waals surface area contributed by atoms with Crippen LogP contribution in [-0.4, -0.2) is 41.7 Å². The second-order valence-electron chi connectivity index (χ2n) is 6.05. The summed E-state index contributed by atoms with van der Waals surface area (Å²) in [6, 6.07) is 4.23. The summed E-state index contributed by atoms with van der Waals surface area (Å²) in [7, 11) is 1.67. The number of nitrogens with one attached hydrogen (secondary N) is 1. The second kappa shape index (κ2) is 6.88. The zero-order valence-corrected chi connectivity index (χ0v) is 13.1. The summed E-state index contributed by atoms with van der Waals surface area (Å²) in [5.41, 5.74) is -1.13. The third kappa shape index (κ3) is 4.68. The molecule has 0 radical (unpaired) electrons. The van der Waals surface area contributed by atoms with Gasteiger partial charge in [0.2, 0.25) is 5.91 Å². The maximum absolute atomic E-state index is 12.9. The summed E-state index contributed by atoms with van der Waals surface area (Å²) in [6.07, 6.45) is -3.07. The number of para-hydroxylation sites is 1. The Morgan fingerprint density at radius 1 is 1.39 bits per heavy atom. The zero-order valence-electron chi connectivity index (χ0n) is 13.1. The first kappa shape index (κ1) is 17.7. The Labute approximate surface area is 133 Å². The lowest BCUT2D eigenvalue weighted by Crippen LogP contribution is -2.43. The van der Waals surface area contributed by atoms with E-state index in [1.165, 1.54) is 18.2 Å². The predicted octanol–water partition coefficient (Wildman–Crippen LogP) is 2.74. The van der Waals surface area contributed by atoms with E-state index in [4.69, 9.17) is 0 Å². The molecule has 2 unspecified atom stereocenters. The number of nitrogens with zero attached hydrogens (tertiary/aromatic N) is 1. The number of hydrogen-bond donors (Lipinski definition) is 2. The minimum absolute atomic E-state index is 0.256. The molecule has 1 amide bonds. The van der Waals surface area contributed by atoms with Crippen LogP contribution in [0.3, 0.4) is 0 Å². The topological polar surface area (TPSA) is 52.6 Å². The normalized spacial score (nSPS) is 17.9. The smallest absolute Gasteiger partial charge is 0.392 e. The molecule has 2 N–H and O–H groups in total. The molecule has 0 aliphatic heterocycles. The fourth-order valence-electron chi connectivity index (χ4n) is 2.36. The highest BCUT2D eigenvalue weighted by atomic mass is 19.4. The minimum atomic E-state index is -4.53. The molecule has 0 saturated heterocycles. The van der Waals surface area contributed by atoms with Gasteiger partial charge < -0.3 is 10.4 Å². The molecule has 1 aliphatic rings. The van der Waals surface area contributed by atoms with E-state index in [1.54, 1.807) is 18.9 Å². The third-order valence-electron chi connectivity index (χ3n) is 4.17. The summed E-state index contributed by atoms with van der Waals surface area (Å²) in [4.78, 5) is 13.8. The lowest BCUT2D eigenvalue weighted by atomic mass is 10.1. The first-order chi connectivity index (χ1) is 10.7. The van der Waals surface area contributed by atoms with Gasteiger partial charge in [-0.25, -0.2) is 0 Å². The molecular weight excluding hydrogens is 309 g/mol. The minimum Gasteiger partial charge on any atom is -0.392 e. The van der Waals surface area contributed by atoms with Crippen molar-refractivity contribution < 1.29 is 23.1 Å². The Bertz CT molecular complexity index is 559. The van der Waals surface area contributed by atoms with Crippen molar-refractivity contribution in [1.82, 2.24) is 4.90 Å². The summed E-state index contributed by atoms with van der Waals surface area (Å²) < 4.78 is 38.8. The zero-order chi connectivity index (χ0) is 17.2. The molecule has 2 atom stereocenters. The van der Waals surface area contributed by atoms with Gasteiger partial charge in [-0.15, -0.1) is 0 Å². The van der Waals surface area contributed by atoms with Gasteiger partial charge >= 0.3 is 6.18 Å². The average molecular weight is 330 g/mol. The molecular formula is C16H21F3N2O2. The van der Waals surface area contributed by atoms with Crippen LogP contribution in [0.1, 0.15) is 25.3 Å². The fraction of sp³-hybridized carbons (Fsp3) is 0.562. The van der Waals surface area contributed by atoms with E-state index < -0.39 is 29.8 Å². The van der Waals surface area contributed by atoms with E-state index in [0.717, 1.165) is 18.9 Å². The molecule has 0 heterocycles. The fourth-order valence-corrected chi connectivity index (χ4v) is 2.36. The molecule has 128 valence electrons. The highest BCUT2D eigenvalue weighted by Gasteiger charge is 2.35. The van der Waals surface area contributed by atoms with Gasteiger partial charge in [0.1, 0.15) is 0 Å². The van der Waals surface area contributed by atoms with E-state index >= 15 is 0 Å². The number of anilines is 1. The number of likely N-dealkylation sites (N-methyl/N-ethyl adjacent to an activating group) is 1. The van der Waals surface area contributed by atoms with Crippen LogP contribution in [-0.2, 0) is 11.0 Å². The quantitative estimate of drug-likeness (QED) is 0.843. The van der Waals surface area contributed by atoms with E-state index in [9.17, 15) is 23.1 Å². The Morgan fingerprint density at radius 2 is 2.00 bits per heavy atom. The van der Waals surface area contributed by atoms with Crippen molar-refractivity contribution in [3.8, 4) is 0 Å². The maximum atomic E-state index is 12.9. The van der Waals surface area contributed by atoms with Crippen molar-refractivity contribution >= 4 is 11.6 Å². The monoisotopic (exact) mass is 330 g/mol. The van der Waals surface area contributed by atoms with Crippen LogP contribution in [0.15, 0.2) is 24.3 Å². The molecule has 4 nitrogen and oxygen atoms in total. The van der Waals surface area contributed by atoms with Gasteiger partial charge in [0, 0.05) is 6.54 Å². The van der Waals surface area contributed by atoms with E-state index in [2.05, 4.69) is 5.32 Å². The summed E-state index contributed by atoms with van der Waals surface area (Å²) >= 11 is 0. The van der Waals surface area contributed by atoms with E-state index in [-0.39, 0.29) is 11.6 Å². The summed E-state index contributed by atoms with van der Waals surface area (Å²) in [5, 5.41) is 12.2. The van der Waals surface area contributed by atoms with Crippen molar-refractivity contribution in [2.75, 3.05) is 18.9 Å². The molecule has 1 saturated carbocycles. The molecule has 1 aliphatic carbocycles. The second-order valence-corrected chi connectivity index (χ2v) is 6.05. The number of aliphatic hydroxyl groups is 1. The van der Waals surface area contributed by atoms with Crippen molar-refractivity contribution in [3.05, 3.63) is 29.8 Å². The number of carbonyl (C=O) groups is 1. The van der Waals surface area contributed by atoms with Gasteiger partial charge in [-0.3, -0.25) is 9.69 Å². The standard InChI is InChI=1S/C16H21F3N2O2/c1-10(21(2)9-14(22)11-7-8-11)15(23)20-13-6-4-3-5-12(13)16(17,18)19/h3-6,10-11,14,22H,7-9H2,1-2H3,(H,20,23). The molecule has 0 aromatic heterocycles. The Balaban J connectivity index is 2.00. The molecule has 1 fully saturated rings. The van der Waals surface area contributed by atoms with Crippen molar-refractivity contribution in [1.29, 1.82) is 0 Å². The molecule has 2 rings (SSSR count). The summed E-state index contributed by atoms with van der Waals surface area (Å²) in [6.45, 7) is 1.92. The molecule has 1 aromatic carbocycles. The first-order valence-corrected chi connectivity index (χ1v) is 7.55. The number of benzene rings is 1. The van der Waals surface area contributed by atoms with Gasteiger partial charge in [0.15, 0.2) is 0 Å². The molecule has 7 heteroatoms. The van der Waals surface area contributed by atoms with Crippen LogP contribution in [0, 0.1) is 5.92 Å². The Morgan fingerprint density at radius 3 is 2.57 bits per heavy atom. The van der Waals surface area contributed by atoms with Gasteiger partial charge in [0.05, 0.1) is 23.4 Å². The number of aliphatic hydroxyl groups excluding tert-OH is 1. The Kier molecular flexibility index (Phi) is 5.31. The highest BCUT2D eigenvalue weighted by Crippen LogP contribution is 2.35. The molecule has 23 heavy (non-hydrogen) atoms. The largest absolute Gasteiger partial charge is 0.418 e. The number of hydrogen-bond acceptors (Lipinski definition) is 3. The number of amides is 1. The van der Waals surface area contributed by atoms with Crippen LogP contribution >= 0.6 is 0 Å². The van der Waals surface area contributed by atoms with E-state index in [0.29, 0.717) is 6.54 Å². The van der Waals surface area contributed by atoms with Gasteiger partial charge in [-0.2, -0.15) is 13.2 Å². The third-order valence-corrected chi connectivity index (χ3v) is 4.17. The maximum Gasteiger partial charge on any atom is 0.418 e. The van der Waals surface area contributed by atoms with Crippen LogP contribution in [0.2, 0.25) is 0 Å². The number of halogens is 3. The van der Waals surface area contributed by atoms with Crippen LogP contribution in [0.4, 0.5) is 18.9 Å². The molecule has 0 bridgehead atoms. The summed E-state index contributed by atoms with van der Waals surface area (Å²) in [5.74, 6) is -0.258. The van der Waals surface area contributed by atoms with Crippen molar-refractivity contribution in [2.24, 2.45) is 5.92 Å². The predicted molar refractivity (Wildman–Crippen MR) is 80.9 cm³/mol. The van der Waals surface area contributed by atoms with Crippen molar-refractivity contribution in [3.63, 3.8) is 0 Å². The lowest BCUT2D eigenvalue weighted by molar-refractivity contribution is -0.137. The van der Waals surface area contributed by atoms with E-state index in [1.807, 2.05) is 0 Å². The highest BCUT2D eigenvalue weighted by molar-refractivity contribution is 5.95. The molecule has 1 aromatic rings. The number of alkyl halides is 3. The van der Waals surface area contributed by atoms with Gasteiger partial charge in [-0.1, -0.05) is 12.1 Å². The first-order valence-electron chi connectivity index (χ1n) is 7.55.